The van der Waals surface area contributed by atoms with Crippen LogP contribution in [0.25, 0.3) is 23.0 Å². The Labute approximate surface area is 186 Å². The molecule has 0 radical (unpaired) electrons. The number of anilines is 1. The summed E-state index contributed by atoms with van der Waals surface area (Å²) < 4.78 is 4.08. The monoisotopic (exact) mass is 427 g/mol. The predicted octanol–water partition coefficient (Wildman–Crippen LogP) is 2.59. The van der Waals surface area contributed by atoms with Crippen molar-refractivity contribution in [3.8, 4) is 23.0 Å². The van der Waals surface area contributed by atoms with Gasteiger partial charge in [0.1, 0.15) is 22.9 Å². The van der Waals surface area contributed by atoms with Crippen molar-refractivity contribution in [2.24, 2.45) is 0 Å². The van der Waals surface area contributed by atoms with Gasteiger partial charge >= 0.3 is 0 Å². The highest BCUT2D eigenvalue weighted by Gasteiger charge is 2.50. The van der Waals surface area contributed by atoms with Gasteiger partial charge in [-0.3, -0.25) is 9.13 Å². The number of hydrogen-bond acceptors (Lipinski definition) is 7. The first-order valence-electron chi connectivity index (χ1n) is 11.0. The van der Waals surface area contributed by atoms with Crippen LogP contribution in [0.4, 0.5) is 5.82 Å². The van der Waals surface area contributed by atoms with Crippen molar-refractivity contribution in [3.63, 3.8) is 0 Å². The van der Waals surface area contributed by atoms with Gasteiger partial charge in [0, 0.05) is 37.6 Å². The van der Waals surface area contributed by atoms with E-state index in [0.717, 1.165) is 60.6 Å². The van der Waals surface area contributed by atoms with Gasteiger partial charge < -0.3 is 9.80 Å². The average Bonchev–Trinajstić information content (AvgIpc) is 3.47. The van der Waals surface area contributed by atoms with Crippen LogP contribution in [-0.4, -0.2) is 65.9 Å². The molecule has 1 fully saturated rings. The van der Waals surface area contributed by atoms with E-state index in [4.69, 9.17) is 9.97 Å². The zero-order chi connectivity index (χ0) is 21.9. The van der Waals surface area contributed by atoms with Crippen molar-refractivity contribution in [3.05, 3.63) is 60.6 Å². The fourth-order valence-corrected chi connectivity index (χ4v) is 5.10. The van der Waals surface area contributed by atoms with Crippen molar-refractivity contribution >= 4 is 5.82 Å². The largest absolute Gasteiger partial charge is 0.339 e. The van der Waals surface area contributed by atoms with E-state index in [0.29, 0.717) is 5.95 Å². The number of hydrogen-bond donors (Lipinski definition) is 0. The summed E-state index contributed by atoms with van der Waals surface area (Å²) in [6.45, 7) is 6.92. The molecule has 3 aromatic heterocycles. The minimum Gasteiger partial charge on any atom is -0.339 e. The number of fused-ring (bicyclic) bond motifs is 6. The summed E-state index contributed by atoms with van der Waals surface area (Å²) in [6, 6.07) is 10.1. The SMILES string of the molecule is CCC12CN(C)CCN1c1nc(-n3ccnc3-c3ccccc3)ncc1-n1c(C)nnc12. The Morgan fingerprint density at radius 3 is 2.72 bits per heavy atom. The van der Waals surface area contributed by atoms with Gasteiger partial charge in [0.05, 0.1) is 6.20 Å². The normalized spacial score (nSPS) is 20.0. The predicted molar refractivity (Wildman–Crippen MR) is 121 cm³/mol. The molecule has 0 bridgehead atoms. The average molecular weight is 428 g/mol. The first-order valence-corrected chi connectivity index (χ1v) is 11.0. The molecule has 5 heterocycles. The molecule has 6 rings (SSSR count). The van der Waals surface area contributed by atoms with E-state index < -0.39 is 0 Å². The second kappa shape index (κ2) is 6.96. The first-order chi connectivity index (χ1) is 15.6. The van der Waals surface area contributed by atoms with Crippen LogP contribution in [-0.2, 0) is 5.54 Å². The van der Waals surface area contributed by atoms with E-state index in [1.165, 1.54) is 0 Å². The summed E-state index contributed by atoms with van der Waals surface area (Å²) in [6.07, 6.45) is 6.51. The first kappa shape index (κ1) is 19.1. The molecule has 9 nitrogen and oxygen atoms in total. The topological polar surface area (TPSA) is 80.8 Å². The second-order valence-electron chi connectivity index (χ2n) is 8.55. The number of aromatic nitrogens is 7. The van der Waals surface area contributed by atoms with Crippen molar-refractivity contribution in [1.29, 1.82) is 0 Å². The fraction of sp³-hybridized carbons (Fsp3) is 0.348. The van der Waals surface area contributed by atoms with E-state index in [2.05, 4.69) is 43.5 Å². The van der Waals surface area contributed by atoms with Crippen LogP contribution in [0.15, 0.2) is 48.9 Å². The lowest BCUT2D eigenvalue weighted by Crippen LogP contribution is -2.62. The molecule has 1 aromatic carbocycles. The van der Waals surface area contributed by atoms with Gasteiger partial charge in [-0.15, -0.1) is 10.2 Å². The highest BCUT2D eigenvalue weighted by atomic mass is 15.4. The molecular weight excluding hydrogens is 402 g/mol. The van der Waals surface area contributed by atoms with Crippen LogP contribution in [0, 0.1) is 6.92 Å². The minimum atomic E-state index is -0.274. The number of rotatable bonds is 3. The molecule has 4 aromatic rings. The van der Waals surface area contributed by atoms with Crippen molar-refractivity contribution < 1.29 is 0 Å². The Hall–Kier alpha value is -3.59. The van der Waals surface area contributed by atoms with Gasteiger partial charge in [-0.2, -0.15) is 4.98 Å². The van der Waals surface area contributed by atoms with E-state index in [9.17, 15) is 0 Å². The number of aryl methyl sites for hydroxylation is 1. The molecule has 0 aliphatic carbocycles. The highest BCUT2D eigenvalue weighted by molar-refractivity contribution is 5.65. The van der Waals surface area contributed by atoms with E-state index >= 15 is 0 Å². The highest BCUT2D eigenvalue weighted by Crippen LogP contribution is 2.44. The third-order valence-electron chi connectivity index (χ3n) is 6.70. The van der Waals surface area contributed by atoms with Crippen LogP contribution in [0.5, 0.6) is 0 Å². The van der Waals surface area contributed by atoms with Gasteiger partial charge in [0.25, 0.3) is 0 Å². The van der Waals surface area contributed by atoms with E-state index in [1.807, 2.05) is 54.2 Å². The molecule has 0 amide bonds. The summed E-state index contributed by atoms with van der Waals surface area (Å²) in [4.78, 5) is 19.2. The lowest BCUT2D eigenvalue weighted by atomic mass is 9.87. The van der Waals surface area contributed by atoms with Crippen LogP contribution in [0.3, 0.4) is 0 Å². The fourth-order valence-electron chi connectivity index (χ4n) is 5.10. The summed E-state index contributed by atoms with van der Waals surface area (Å²) in [7, 11) is 2.17. The number of piperazine rings is 1. The van der Waals surface area contributed by atoms with Crippen molar-refractivity contribution in [1.82, 2.24) is 39.2 Å². The zero-order valence-electron chi connectivity index (χ0n) is 18.5. The van der Waals surface area contributed by atoms with Gasteiger partial charge in [0.15, 0.2) is 11.6 Å². The number of likely N-dealkylation sites (N-methyl/N-ethyl adjacent to an activating group) is 1. The summed E-state index contributed by atoms with van der Waals surface area (Å²) in [5.41, 5.74) is 1.68. The Morgan fingerprint density at radius 2 is 1.91 bits per heavy atom. The van der Waals surface area contributed by atoms with Gasteiger partial charge in [-0.25, -0.2) is 9.97 Å². The minimum absolute atomic E-state index is 0.274. The third kappa shape index (κ3) is 2.57. The molecule has 0 spiro atoms. The van der Waals surface area contributed by atoms with Gasteiger partial charge in [-0.1, -0.05) is 37.3 Å². The summed E-state index contributed by atoms with van der Waals surface area (Å²) in [5, 5.41) is 9.05. The summed E-state index contributed by atoms with van der Waals surface area (Å²) in [5.74, 6) is 4.18. The molecule has 0 saturated carbocycles. The smallest absolute Gasteiger partial charge is 0.237 e. The maximum absolute atomic E-state index is 5.11. The maximum atomic E-state index is 5.11. The van der Waals surface area contributed by atoms with E-state index in [-0.39, 0.29) is 5.54 Å². The van der Waals surface area contributed by atoms with Crippen molar-refractivity contribution in [2.75, 3.05) is 31.6 Å². The summed E-state index contributed by atoms with van der Waals surface area (Å²) >= 11 is 0. The van der Waals surface area contributed by atoms with Crippen LogP contribution < -0.4 is 4.90 Å². The van der Waals surface area contributed by atoms with Crippen LogP contribution in [0.2, 0.25) is 0 Å². The third-order valence-corrected chi connectivity index (χ3v) is 6.70. The Balaban J connectivity index is 1.55. The molecule has 2 aliphatic rings. The molecule has 2 aliphatic heterocycles. The molecule has 0 N–H and O–H groups in total. The zero-order valence-corrected chi connectivity index (χ0v) is 18.5. The van der Waals surface area contributed by atoms with Gasteiger partial charge in [0.2, 0.25) is 5.95 Å². The standard InChI is InChI=1S/C23H25N9/c1-4-23-15-29(3)12-13-31(23)20-18(32-16(2)27-28-21(23)32)14-25-22(26-20)30-11-10-24-19(30)17-8-6-5-7-9-17/h5-11,14H,4,12-13,15H2,1-3H3. The second-order valence-corrected chi connectivity index (χ2v) is 8.55. The quantitative estimate of drug-likeness (QED) is 0.497. The van der Waals surface area contributed by atoms with Crippen LogP contribution in [0.1, 0.15) is 25.0 Å². The van der Waals surface area contributed by atoms with Crippen LogP contribution >= 0.6 is 0 Å². The van der Waals surface area contributed by atoms with E-state index in [1.54, 1.807) is 6.20 Å². The molecule has 162 valence electrons. The Bertz CT molecular complexity index is 1290. The Kier molecular flexibility index (Phi) is 4.16. The molecular formula is C23H25N9. The number of imidazole rings is 1. The molecule has 1 atom stereocenters. The molecule has 9 heteroatoms. The maximum Gasteiger partial charge on any atom is 0.237 e. The lowest BCUT2D eigenvalue weighted by molar-refractivity contribution is 0.172. The number of benzene rings is 1. The molecule has 32 heavy (non-hydrogen) atoms. The Morgan fingerprint density at radius 1 is 1.06 bits per heavy atom. The van der Waals surface area contributed by atoms with Crippen molar-refractivity contribution in [2.45, 2.75) is 25.8 Å². The number of nitrogens with zero attached hydrogens (tertiary/aromatic N) is 9. The lowest BCUT2D eigenvalue weighted by Gasteiger charge is -2.52. The molecule has 1 saturated heterocycles. The van der Waals surface area contributed by atoms with Gasteiger partial charge in [-0.05, 0) is 20.4 Å². The molecule has 1 unspecified atom stereocenters.